The molecule has 1 aromatic heterocycles. The van der Waals surface area contributed by atoms with Gasteiger partial charge in [-0.2, -0.15) is 0 Å². The number of hydrogen-bond acceptors (Lipinski definition) is 4. The van der Waals surface area contributed by atoms with Crippen molar-refractivity contribution in [2.24, 2.45) is 0 Å². The zero-order valence-corrected chi connectivity index (χ0v) is 12.8. The lowest BCUT2D eigenvalue weighted by Gasteiger charge is -2.06. The first-order chi connectivity index (χ1) is 10.9. The van der Waals surface area contributed by atoms with Crippen LogP contribution in [-0.2, 0) is 0 Å². The minimum Gasteiger partial charge on any atom is -0.451 e. The molecule has 0 bridgehead atoms. The SMILES string of the molecule is Cc1cc([N+](=O)[O-])ccc1NC(=O)c1cc2cc(Cl)ccc2o1. The summed E-state index contributed by atoms with van der Waals surface area (Å²) >= 11 is 5.90. The number of nitrogens with one attached hydrogen (secondary N) is 1. The third-order valence-corrected chi connectivity index (χ3v) is 3.61. The van der Waals surface area contributed by atoms with Crippen molar-refractivity contribution < 1.29 is 14.1 Å². The Morgan fingerprint density at radius 1 is 1.22 bits per heavy atom. The van der Waals surface area contributed by atoms with Gasteiger partial charge in [0.15, 0.2) is 5.76 Å². The maximum absolute atomic E-state index is 12.3. The van der Waals surface area contributed by atoms with E-state index >= 15 is 0 Å². The Morgan fingerprint density at radius 2 is 2.00 bits per heavy atom. The van der Waals surface area contributed by atoms with E-state index in [1.165, 1.54) is 18.2 Å². The number of benzene rings is 2. The van der Waals surface area contributed by atoms with Crippen molar-refractivity contribution in [3.8, 4) is 0 Å². The summed E-state index contributed by atoms with van der Waals surface area (Å²) in [5.74, 6) is -0.297. The summed E-state index contributed by atoms with van der Waals surface area (Å²) in [4.78, 5) is 22.5. The molecule has 0 unspecified atom stereocenters. The van der Waals surface area contributed by atoms with E-state index in [4.69, 9.17) is 16.0 Å². The van der Waals surface area contributed by atoms with Crippen LogP contribution in [-0.4, -0.2) is 10.8 Å². The summed E-state index contributed by atoms with van der Waals surface area (Å²) < 4.78 is 5.48. The van der Waals surface area contributed by atoms with Crippen molar-refractivity contribution in [1.82, 2.24) is 0 Å². The fraction of sp³-hybridized carbons (Fsp3) is 0.0625. The largest absolute Gasteiger partial charge is 0.451 e. The van der Waals surface area contributed by atoms with Gasteiger partial charge < -0.3 is 9.73 Å². The predicted molar refractivity (Wildman–Crippen MR) is 87.0 cm³/mol. The third kappa shape index (κ3) is 3.02. The number of anilines is 1. The molecular formula is C16H11ClN2O4. The number of nitrogens with zero attached hydrogens (tertiary/aromatic N) is 1. The number of nitro benzene ring substituents is 1. The average Bonchev–Trinajstić information content (AvgIpc) is 2.92. The molecule has 1 heterocycles. The van der Waals surface area contributed by atoms with Crippen molar-refractivity contribution in [3.63, 3.8) is 0 Å². The molecule has 0 fully saturated rings. The number of carbonyl (C=O) groups is 1. The molecule has 116 valence electrons. The normalized spacial score (nSPS) is 10.7. The van der Waals surface area contributed by atoms with E-state index in [0.717, 1.165) is 5.39 Å². The van der Waals surface area contributed by atoms with Crippen LogP contribution in [0.4, 0.5) is 11.4 Å². The van der Waals surface area contributed by atoms with Crippen LogP contribution in [0.25, 0.3) is 11.0 Å². The number of furan rings is 1. The van der Waals surface area contributed by atoms with E-state index in [0.29, 0.717) is 21.9 Å². The number of non-ortho nitro benzene ring substituents is 1. The van der Waals surface area contributed by atoms with Crippen LogP contribution in [0.5, 0.6) is 0 Å². The van der Waals surface area contributed by atoms with E-state index < -0.39 is 10.8 Å². The zero-order chi connectivity index (χ0) is 16.6. The van der Waals surface area contributed by atoms with Crippen LogP contribution in [0.1, 0.15) is 16.1 Å². The van der Waals surface area contributed by atoms with Gasteiger partial charge in [0, 0.05) is 28.2 Å². The summed E-state index contributed by atoms with van der Waals surface area (Å²) in [6.45, 7) is 1.68. The Morgan fingerprint density at radius 3 is 2.70 bits per heavy atom. The molecule has 0 atom stereocenters. The smallest absolute Gasteiger partial charge is 0.291 e. The van der Waals surface area contributed by atoms with E-state index in [-0.39, 0.29) is 11.4 Å². The lowest BCUT2D eigenvalue weighted by Crippen LogP contribution is -2.11. The minimum absolute atomic E-state index is 0.0288. The highest BCUT2D eigenvalue weighted by atomic mass is 35.5. The summed E-state index contributed by atoms with van der Waals surface area (Å²) in [6.07, 6.45) is 0. The van der Waals surface area contributed by atoms with E-state index in [2.05, 4.69) is 5.32 Å². The number of halogens is 1. The first kappa shape index (κ1) is 15.1. The van der Waals surface area contributed by atoms with Crippen LogP contribution >= 0.6 is 11.6 Å². The van der Waals surface area contributed by atoms with E-state index in [9.17, 15) is 14.9 Å². The predicted octanol–water partition coefficient (Wildman–Crippen LogP) is 4.56. The maximum atomic E-state index is 12.3. The summed E-state index contributed by atoms with van der Waals surface area (Å²) in [5.41, 5.74) is 1.60. The highest BCUT2D eigenvalue weighted by Gasteiger charge is 2.15. The second-order valence-corrected chi connectivity index (χ2v) is 5.44. The summed E-state index contributed by atoms with van der Waals surface area (Å²) in [6, 6.07) is 10.9. The molecule has 3 rings (SSSR count). The van der Waals surface area contributed by atoms with Gasteiger partial charge in [-0.25, -0.2) is 0 Å². The van der Waals surface area contributed by atoms with Crippen LogP contribution < -0.4 is 5.32 Å². The second kappa shape index (κ2) is 5.73. The molecule has 0 radical (unpaired) electrons. The standard InChI is InChI=1S/C16H11ClN2O4/c1-9-6-12(19(21)22)3-4-13(9)18-16(20)15-8-10-7-11(17)2-5-14(10)23-15/h2-8H,1H3,(H,18,20). The van der Waals surface area contributed by atoms with Crippen molar-refractivity contribution in [2.75, 3.05) is 5.32 Å². The molecule has 0 saturated carbocycles. The van der Waals surface area contributed by atoms with E-state index in [1.54, 1.807) is 31.2 Å². The Hall–Kier alpha value is -2.86. The van der Waals surface area contributed by atoms with Crippen LogP contribution in [0, 0.1) is 17.0 Å². The highest BCUT2D eigenvalue weighted by molar-refractivity contribution is 6.31. The molecule has 6 nitrogen and oxygen atoms in total. The Kier molecular flexibility index (Phi) is 3.75. The molecule has 1 amide bonds. The molecule has 0 aliphatic carbocycles. The lowest BCUT2D eigenvalue weighted by molar-refractivity contribution is -0.384. The van der Waals surface area contributed by atoms with Gasteiger partial charge in [0.25, 0.3) is 11.6 Å². The highest BCUT2D eigenvalue weighted by Crippen LogP contribution is 2.25. The molecule has 0 spiro atoms. The van der Waals surface area contributed by atoms with Gasteiger partial charge in [-0.1, -0.05) is 11.6 Å². The second-order valence-electron chi connectivity index (χ2n) is 5.00. The number of aryl methyl sites for hydroxylation is 1. The number of fused-ring (bicyclic) bond motifs is 1. The molecule has 1 N–H and O–H groups in total. The number of rotatable bonds is 3. The van der Waals surface area contributed by atoms with Gasteiger partial charge in [-0.05, 0) is 42.8 Å². The third-order valence-electron chi connectivity index (χ3n) is 3.37. The molecule has 23 heavy (non-hydrogen) atoms. The fourth-order valence-electron chi connectivity index (χ4n) is 2.21. The molecule has 7 heteroatoms. The van der Waals surface area contributed by atoms with Gasteiger partial charge in [-0.15, -0.1) is 0 Å². The van der Waals surface area contributed by atoms with Crippen LogP contribution in [0.3, 0.4) is 0 Å². The molecule has 0 aliphatic heterocycles. The Balaban J connectivity index is 1.87. The number of nitro groups is 1. The van der Waals surface area contributed by atoms with Gasteiger partial charge in [-0.3, -0.25) is 14.9 Å². The Labute approximate surface area is 135 Å². The van der Waals surface area contributed by atoms with Crippen molar-refractivity contribution >= 4 is 39.9 Å². The molecule has 0 saturated heterocycles. The maximum Gasteiger partial charge on any atom is 0.291 e. The van der Waals surface area contributed by atoms with Gasteiger partial charge in [0.2, 0.25) is 0 Å². The minimum atomic E-state index is -0.485. The summed E-state index contributed by atoms with van der Waals surface area (Å²) in [5, 5.41) is 14.7. The molecule has 2 aromatic carbocycles. The van der Waals surface area contributed by atoms with Crippen LogP contribution in [0.15, 0.2) is 46.9 Å². The van der Waals surface area contributed by atoms with Crippen molar-refractivity contribution in [3.05, 3.63) is 68.9 Å². The zero-order valence-electron chi connectivity index (χ0n) is 12.0. The van der Waals surface area contributed by atoms with E-state index in [1.807, 2.05) is 0 Å². The quantitative estimate of drug-likeness (QED) is 0.563. The van der Waals surface area contributed by atoms with Gasteiger partial charge >= 0.3 is 0 Å². The molecule has 3 aromatic rings. The topological polar surface area (TPSA) is 85.4 Å². The fourth-order valence-corrected chi connectivity index (χ4v) is 2.39. The monoisotopic (exact) mass is 330 g/mol. The number of amides is 1. The van der Waals surface area contributed by atoms with Crippen LogP contribution in [0.2, 0.25) is 5.02 Å². The summed E-state index contributed by atoms with van der Waals surface area (Å²) in [7, 11) is 0. The average molecular weight is 331 g/mol. The molecule has 0 aliphatic rings. The van der Waals surface area contributed by atoms with Gasteiger partial charge in [0.05, 0.1) is 4.92 Å². The first-order valence-electron chi connectivity index (χ1n) is 6.69. The number of hydrogen-bond donors (Lipinski definition) is 1. The van der Waals surface area contributed by atoms with Crippen molar-refractivity contribution in [2.45, 2.75) is 6.92 Å². The molecular weight excluding hydrogens is 320 g/mol. The van der Waals surface area contributed by atoms with Crippen molar-refractivity contribution in [1.29, 1.82) is 0 Å². The lowest BCUT2D eigenvalue weighted by atomic mass is 10.1. The Bertz CT molecular complexity index is 933. The number of carbonyl (C=O) groups excluding carboxylic acids is 1. The first-order valence-corrected chi connectivity index (χ1v) is 7.07. The van der Waals surface area contributed by atoms with Gasteiger partial charge in [0.1, 0.15) is 5.58 Å².